The zero-order valence-electron chi connectivity index (χ0n) is 12.1. The number of ether oxygens (including phenoxy) is 1. The Morgan fingerprint density at radius 3 is 2.90 bits per heavy atom. The molecular weight excluding hydrogens is 271 g/mol. The highest BCUT2D eigenvalue weighted by molar-refractivity contribution is 5.78. The van der Waals surface area contributed by atoms with Crippen LogP contribution in [0, 0.1) is 5.82 Å². The molecule has 0 spiro atoms. The van der Waals surface area contributed by atoms with Crippen molar-refractivity contribution in [3.05, 3.63) is 35.6 Å². The smallest absolute Gasteiger partial charge is 0.234 e. The van der Waals surface area contributed by atoms with E-state index >= 15 is 0 Å². The summed E-state index contributed by atoms with van der Waals surface area (Å²) in [5.41, 5.74) is 0.690. The molecule has 21 heavy (non-hydrogen) atoms. The highest BCUT2D eigenvalue weighted by atomic mass is 19.1. The number of likely N-dealkylation sites (tertiary alicyclic amines) is 1. The number of carbonyl (C=O) groups excluding carboxylic acids is 1. The van der Waals surface area contributed by atoms with Gasteiger partial charge in [0, 0.05) is 31.3 Å². The Morgan fingerprint density at radius 1 is 1.38 bits per heavy atom. The van der Waals surface area contributed by atoms with Crippen LogP contribution in [0.5, 0.6) is 0 Å². The number of halogens is 1. The molecule has 2 saturated heterocycles. The lowest BCUT2D eigenvalue weighted by Gasteiger charge is -2.40. The minimum atomic E-state index is -0.188. The average Bonchev–Trinajstić information content (AvgIpc) is 2.97. The number of hydrogen-bond acceptors (Lipinski definition) is 3. The van der Waals surface area contributed by atoms with Crippen LogP contribution in [0.1, 0.15) is 30.9 Å². The van der Waals surface area contributed by atoms with E-state index in [0.717, 1.165) is 32.4 Å². The van der Waals surface area contributed by atoms with Crippen molar-refractivity contribution in [3.8, 4) is 0 Å². The summed E-state index contributed by atoms with van der Waals surface area (Å²) in [5, 5.41) is 2.91. The largest absolute Gasteiger partial charge is 0.376 e. The molecule has 2 heterocycles. The van der Waals surface area contributed by atoms with Crippen molar-refractivity contribution in [2.24, 2.45) is 0 Å². The molecular formula is C16H21FN2O2. The SMILES string of the molecule is O=C(CN1CC[C@H]1c1ccccc1F)NC[C@H]1CCCO1. The van der Waals surface area contributed by atoms with Gasteiger partial charge in [-0.1, -0.05) is 18.2 Å². The van der Waals surface area contributed by atoms with Crippen LogP contribution < -0.4 is 5.32 Å². The minimum Gasteiger partial charge on any atom is -0.376 e. The summed E-state index contributed by atoms with van der Waals surface area (Å²) in [6, 6.07) is 6.84. The van der Waals surface area contributed by atoms with Crippen molar-refractivity contribution < 1.29 is 13.9 Å². The fourth-order valence-electron chi connectivity index (χ4n) is 3.00. The van der Waals surface area contributed by atoms with Crippen LogP contribution in [0.25, 0.3) is 0 Å². The van der Waals surface area contributed by atoms with Gasteiger partial charge >= 0.3 is 0 Å². The van der Waals surface area contributed by atoms with E-state index in [1.807, 2.05) is 11.0 Å². The fourth-order valence-corrected chi connectivity index (χ4v) is 3.00. The van der Waals surface area contributed by atoms with Crippen molar-refractivity contribution in [3.63, 3.8) is 0 Å². The van der Waals surface area contributed by atoms with Gasteiger partial charge in [-0.3, -0.25) is 9.69 Å². The summed E-state index contributed by atoms with van der Waals surface area (Å²) in [6.45, 7) is 2.54. The molecule has 2 fully saturated rings. The van der Waals surface area contributed by atoms with Crippen LogP contribution in [0.3, 0.4) is 0 Å². The predicted molar refractivity (Wildman–Crippen MR) is 77.3 cm³/mol. The zero-order valence-corrected chi connectivity index (χ0v) is 12.1. The standard InChI is InChI=1S/C16H21FN2O2/c17-14-6-2-1-5-13(14)15-7-8-19(15)11-16(20)18-10-12-4-3-9-21-12/h1-2,5-6,12,15H,3-4,7-11H2,(H,18,20)/t12-,15+/m1/s1. The van der Waals surface area contributed by atoms with Crippen molar-refractivity contribution in [2.45, 2.75) is 31.4 Å². The number of nitrogens with one attached hydrogen (secondary N) is 1. The molecule has 5 heteroatoms. The number of nitrogens with zero attached hydrogens (tertiary/aromatic N) is 1. The molecule has 0 aliphatic carbocycles. The van der Waals surface area contributed by atoms with E-state index in [4.69, 9.17) is 4.74 Å². The van der Waals surface area contributed by atoms with Crippen LogP contribution in [0.15, 0.2) is 24.3 Å². The lowest BCUT2D eigenvalue weighted by Crippen LogP contribution is -2.47. The molecule has 1 aromatic rings. The van der Waals surface area contributed by atoms with Gasteiger partial charge in [0.15, 0.2) is 0 Å². The Morgan fingerprint density at radius 2 is 2.24 bits per heavy atom. The van der Waals surface area contributed by atoms with Gasteiger partial charge in [-0.2, -0.15) is 0 Å². The molecule has 4 nitrogen and oxygen atoms in total. The van der Waals surface area contributed by atoms with Gasteiger partial charge in [0.1, 0.15) is 5.82 Å². The van der Waals surface area contributed by atoms with E-state index in [9.17, 15) is 9.18 Å². The summed E-state index contributed by atoms with van der Waals surface area (Å²) >= 11 is 0. The van der Waals surface area contributed by atoms with E-state index in [1.54, 1.807) is 12.1 Å². The Labute approximate surface area is 124 Å². The van der Waals surface area contributed by atoms with Crippen LogP contribution in [-0.2, 0) is 9.53 Å². The lowest BCUT2D eigenvalue weighted by molar-refractivity contribution is -0.124. The molecule has 1 aromatic carbocycles. The van der Waals surface area contributed by atoms with Crippen molar-refractivity contribution in [1.29, 1.82) is 0 Å². The number of carbonyl (C=O) groups is 1. The van der Waals surface area contributed by atoms with Crippen molar-refractivity contribution in [1.82, 2.24) is 10.2 Å². The van der Waals surface area contributed by atoms with Crippen LogP contribution in [-0.4, -0.2) is 43.2 Å². The van der Waals surface area contributed by atoms with Gasteiger partial charge in [-0.25, -0.2) is 4.39 Å². The zero-order chi connectivity index (χ0) is 14.7. The molecule has 0 aromatic heterocycles. The van der Waals surface area contributed by atoms with E-state index in [-0.39, 0.29) is 23.9 Å². The topological polar surface area (TPSA) is 41.6 Å². The Hall–Kier alpha value is -1.46. The molecule has 2 aliphatic heterocycles. The molecule has 114 valence electrons. The maximum Gasteiger partial charge on any atom is 0.234 e. The van der Waals surface area contributed by atoms with Crippen molar-refractivity contribution in [2.75, 3.05) is 26.2 Å². The summed E-state index contributed by atoms with van der Waals surface area (Å²) in [4.78, 5) is 14.0. The van der Waals surface area contributed by atoms with Gasteiger partial charge in [-0.05, 0) is 25.3 Å². The molecule has 3 rings (SSSR count). The first-order valence-electron chi connectivity index (χ1n) is 7.61. The normalized spacial score (nSPS) is 25.6. The van der Waals surface area contributed by atoms with Gasteiger partial charge in [0.25, 0.3) is 0 Å². The molecule has 0 unspecified atom stereocenters. The third kappa shape index (κ3) is 3.41. The second kappa shape index (κ2) is 6.54. The first-order chi connectivity index (χ1) is 10.2. The quantitative estimate of drug-likeness (QED) is 0.901. The lowest BCUT2D eigenvalue weighted by atomic mass is 9.94. The van der Waals surface area contributed by atoms with Crippen LogP contribution in [0.2, 0.25) is 0 Å². The molecule has 1 N–H and O–H groups in total. The second-order valence-electron chi connectivity index (χ2n) is 5.74. The molecule has 2 aliphatic rings. The molecule has 0 bridgehead atoms. The highest BCUT2D eigenvalue weighted by Gasteiger charge is 2.32. The van der Waals surface area contributed by atoms with E-state index < -0.39 is 0 Å². The summed E-state index contributed by atoms with van der Waals surface area (Å²) in [6.07, 6.45) is 3.15. The average molecular weight is 292 g/mol. The Balaban J connectivity index is 1.48. The second-order valence-corrected chi connectivity index (χ2v) is 5.74. The van der Waals surface area contributed by atoms with Gasteiger partial charge in [-0.15, -0.1) is 0 Å². The maximum absolute atomic E-state index is 13.8. The molecule has 0 saturated carbocycles. The van der Waals surface area contributed by atoms with Gasteiger partial charge in [0.2, 0.25) is 5.91 Å². The van der Waals surface area contributed by atoms with E-state index in [1.165, 1.54) is 6.07 Å². The van der Waals surface area contributed by atoms with Crippen LogP contribution in [0.4, 0.5) is 4.39 Å². The summed E-state index contributed by atoms with van der Waals surface area (Å²) < 4.78 is 19.3. The fraction of sp³-hybridized carbons (Fsp3) is 0.562. The number of rotatable bonds is 5. The van der Waals surface area contributed by atoms with Gasteiger partial charge in [0.05, 0.1) is 12.6 Å². The van der Waals surface area contributed by atoms with E-state index in [2.05, 4.69) is 5.32 Å². The summed E-state index contributed by atoms with van der Waals surface area (Å²) in [5.74, 6) is -0.196. The number of hydrogen-bond donors (Lipinski definition) is 1. The van der Waals surface area contributed by atoms with Gasteiger partial charge < -0.3 is 10.1 Å². The third-order valence-electron chi connectivity index (χ3n) is 4.29. The van der Waals surface area contributed by atoms with E-state index in [0.29, 0.717) is 18.7 Å². The van der Waals surface area contributed by atoms with Crippen LogP contribution >= 0.6 is 0 Å². The highest BCUT2D eigenvalue weighted by Crippen LogP contribution is 2.33. The number of amides is 1. The third-order valence-corrected chi connectivity index (χ3v) is 4.29. The number of benzene rings is 1. The Kier molecular flexibility index (Phi) is 4.51. The van der Waals surface area contributed by atoms with Crippen molar-refractivity contribution >= 4 is 5.91 Å². The predicted octanol–water partition coefficient (Wildman–Crippen LogP) is 1.87. The molecule has 2 atom stereocenters. The minimum absolute atomic E-state index is 0.00783. The molecule has 0 radical (unpaired) electrons. The monoisotopic (exact) mass is 292 g/mol. The Bertz CT molecular complexity index is 503. The first-order valence-corrected chi connectivity index (χ1v) is 7.61. The molecule has 1 amide bonds. The first kappa shape index (κ1) is 14.5. The maximum atomic E-state index is 13.8. The summed E-state index contributed by atoms with van der Waals surface area (Å²) in [7, 11) is 0.